The zero-order valence-electron chi connectivity index (χ0n) is 73.0. The van der Waals surface area contributed by atoms with Crippen LogP contribution in [-0.2, 0) is 106 Å². The Morgan fingerprint density at radius 3 is 1.74 bits per heavy atom. The molecule has 5 unspecified atom stereocenters. The van der Waals surface area contributed by atoms with Crippen molar-refractivity contribution >= 4 is 117 Å². The molecule has 0 fully saturated rings. The average Bonchev–Trinajstić information content (AvgIpc) is 1.80. The summed E-state index contributed by atoms with van der Waals surface area (Å²) in [5.74, 6) is -22.9. The fraction of sp³-hybridized carbons (Fsp3) is 0.545. The average molecular weight is 1750 g/mol. The van der Waals surface area contributed by atoms with Crippen molar-refractivity contribution in [1.82, 2.24) is 68.8 Å². The number of Topliss-reactive ketones (excluding diaryl/α,β-unsaturated/α-hetero) is 5. The predicted molar refractivity (Wildman–Crippen MR) is 456 cm³/mol. The van der Waals surface area contributed by atoms with Crippen molar-refractivity contribution in [1.29, 1.82) is 0 Å². The van der Waals surface area contributed by atoms with Crippen LogP contribution < -0.4 is 75.3 Å². The van der Waals surface area contributed by atoms with Gasteiger partial charge in [0.15, 0.2) is 11.6 Å². The summed E-state index contributed by atoms with van der Waals surface area (Å²) in [5.41, 5.74) is 8.59. The second-order valence-electron chi connectivity index (χ2n) is 33.3. The first-order valence-corrected chi connectivity index (χ1v) is 42.1. The van der Waals surface area contributed by atoms with Crippen molar-refractivity contribution in [2.45, 2.75) is 270 Å². The van der Waals surface area contributed by atoms with Crippen LogP contribution in [0.1, 0.15) is 196 Å². The minimum atomic E-state index is -1.98. The van der Waals surface area contributed by atoms with E-state index in [2.05, 4.69) is 68.8 Å². The van der Waals surface area contributed by atoms with Crippen LogP contribution >= 0.6 is 0 Å². The number of carbonyl (C=O) groups is 18. The summed E-state index contributed by atoms with van der Waals surface area (Å²) in [5, 5.41) is 52.6. The number of halogens is 2. The van der Waals surface area contributed by atoms with Crippen LogP contribution in [0.4, 0.5) is 8.78 Å². The Morgan fingerprint density at radius 1 is 0.584 bits per heavy atom. The van der Waals surface area contributed by atoms with Crippen molar-refractivity contribution in [3.8, 4) is 5.75 Å². The topological polar surface area (TPSA) is 560 Å². The number of amides is 12. The number of hydrogen-bond donors (Lipinski definition) is 17. The Bertz CT molecular complexity index is 4580. The van der Waals surface area contributed by atoms with Crippen molar-refractivity contribution in [3.63, 3.8) is 0 Å². The number of benzene rings is 3. The number of aromatic nitrogens is 1. The number of aromatic amines is 1. The number of rotatable bonds is 33. The van der Waals surface area contributed by atoms with E-state index < -0.39 is 245 Å². The fourth-order valence-electron chi connectivity index (χ4n) is 14.0. The van der Waals surface area contributed by atoms with E-state index in [0.29, 0.717) is 54.1 Å². The molecule has 4 aromatic rings. The molecule has 2 heterocycles. The number of carboxylic acid groups (broad SMARTS) is 1. The number of allylic oxidation sites excluding steroid dienone is 2. The van der Waals surface area contributed by atoms with Crippen LogP contribution in [0.15, 0.2) is 85.1 Å². The highest BCUT2D eigenvalue weighted by molar-refractivity contribution is 6.41. The van der Waals surface area contributed by atoms with E-state index in [1.165, 1.54) is 99.6 Å². The van der Waals surface area contributed by atoms with Gasteiger partial charge in [0.1, 0.15) is 58.9 Å². The first-order valence-electron chi connectivity index (χ1n) is 42.1. The molecule has 15 atom stereocenters. The van der Waals surface area contributed by atoms with Crippen LogP contribution in [0.5, 0.6) is 5.75 Å². The number of phenolic OH excluding ortho intramolecular Hbond substituents is 1. The lowest BCUT2D eigenvalue weighted by atomic mass is 9.88. The summed E-state index contributed by atoms with van der Waals surface area (Å²) in [4.78, 5) is 253. The van der Waals surface area contributed by atoms with E-state index in [-0.39, 0.29) is 75.3 Å². The quantitative estimate of drug-likeness (QED) is 0.0241. The summed E-state index contributed by atoms with van der Waals surface area (Å²) >= 11 is 0. The molecule has 0 aliphatic carbocycles. The maximum Gasteiger partial charge on any atom is 0.303 e. The van der Waals surface area contributed by atoms with Gasteiger partial charge in [-0.05, 0) is 179 Å². The van der Waals surface area contributed by atoms with Gasteiger partial charge in [-0.1, -0.05) is 88.6 Å². The predicted octanol–water partition coefficient (Wildman–Crippen LogP) is 2.71. The van der Waals surface area contributed by atoms with Crippen LogP contribution in [-0.4, -0.2) is 206 Å². The van der Waals surface area contributed by atoms with Gasteiger partial charge in [-0.3, -0.25) is 81.5 Å². The van der Waals surface area contributed by atoms with Gasteiger partial charge in [-0.15, -0.1) is 0 Å². The highest BCUT2D eigenvalue weighted by atomic mass is 19.2. The largest absolute Gasteiger partial charge is 0.508 e. The van der Waals surface area contributed by atoms with E-state index in [9.17, 15) is 86.1 Å². The molecule has 19 N–H and O–H groups in total. The molecule has 1 aliphatic rings. The zero-order chi connectivity index (χ0) is 93.3. The minimum Gasteiger partial charge on any atom is -0.508 e. The Hall–Kier alpha value is -12.0. The minimum absolute atomic E-state index is 0.0000585. The lowest BCUT2D eigenvalue weighted by Crippen LogP contribution is -2.62. The molecule has 125 heavy (non-hydrogen) atoms. The number of phenols is 1. The summed E-state index contributed by atoms with van der Waals surface area (Å²) < 4.78 is 28.8. The zero-order valence-corrected chi connectivity index (χ0v) is 73.0. The Kier molecular flexibility index (Phi) is 41.0. The molecule has 0 bridgehead atoms. The van der Waals surface area contributed by atoms with Gasteiger partial charge in [-0.2, -0.15) is 0 Å². The van der Waals surface area contributed by atoms with Crippen LogP contribution in [0.25, 0.3) is 10.9 Å². The number of ketones is 5. The highest BCUT2D eigenvalue weighted by Gasteiger charge is 2.43. The molecule has 3 aromatic carbocycles. The number of para-hydroxylation sites is 1. The maximum atomic E-state index is 15.2. The molecule has 0 spiro atoms. The number of hydrogen-bond acceptors (Lipinski definition) is 21. The van der Waals surface area contributed by atoms with Gasteiger partial charge in [0.2, 0.25) is 94.0 Å². The third-order valence-electron chi connectivity index (χ3n) is 21.8. The molecular weight excluding hydrogens is 1630 g/mol. The van der Waals surface area contributed by atoms with Gasteiger partial charge >= 0.3 is 5.97 Å². The lowest BCUT2D eigenvalue weighted by molar-refractivity contribution is -0.140. The lowest BCUT2D eigenvalue weighted by Gasteiger charge is -2.33. The molecular formula is C88H123F2N15O20. The summed E-state index contributed by atoms with van der Waals surface area (Å²) in [6.45, 7) is 16.5. The van der Waals surface area contributed by atoms with Gasteiger partial charge < -0.3 is 95.3 Å². The number of primary amides is 2. The third-order valence-corrected chi connectivity index (χ3v) is 21.8. The maximum absolute atomic E-state index is 15.2. The van der Waals surface area contributed by atoms with Crippen LogP contribution in [0, 0.1) is 35.3 Å². The Morgan fingerprint density at radius 2 is 1.14 bits per heavy atom. The van der Waals surface area contributed by atoms with Crippen LogP contribution in [0.2, 0.25) is 0 Å². The number of aromatic hydroxyl groups is 1. The molecule has 0 saturated carbocycles. The Balaban J connectivity index is 1.53. The van der Waals surface area contributed by atoms with Crippen molar-refractivity contribution < 1.29 is 105 Å². The number of aliphatic carboxylic acids is 1. The van der Waals surface area contributed by atoms with Crippen molar-refractivity contribution in [3.05, 3.63) is 113 Å². The van der Waals surface area contributed by atoms with Gasteiger partial charge in [0.25, 0.3) is 0 Å². The molecule has 12 amide bonds. The van der Waals surface area contributed by atoms with E-state index in [1.807, 2.05) is 12.2 Å². The van der Waals surface area contributed by atoms with E-state index >= 15 is 19.2 Å². The number of fused-ring (bicyclic) bond motifs is 1. The summed E-state index contributed by atoms with van der Waals surface area (Å²) in [6, 6.07) is 0.376. The number of nitrogens with one attached hydrogen (secondary N) is 13. The number of nitrogens with two attached hydrogens (primary N) is 2. The van der Waals surface area contributed by atoms with Crippen LogP contribution in [0.3, 0.4) is 0 Å². The molecule has 5 rings (SSSR count). The van der Waals surface area contributed by atoms with Gasteiger partial charge in [-0.25, -0.2) is 8.78 Å². The third kappa shape index (κ3) is 33.5. The number of carboxylic acids is 1. The smallest absolute Gasteiger partial charge is 0.303 e. The van der Waals surface area contributed by atoms with Gasteiger partial charge in [0, 0.05) is 74.1 Å². The normalized spacial score (nSPS) is 22.4. The molecule has 684 valence electrons. The highest BCUT2D eigenvalue weighted by Crippen LogP contribution is 2.26. The van der Waals surface area contributed by atoms with E-state index in [1.54, 1.807) is 44.3 Å². The SMILES string of the molecule is CC(=O)CC(Cc1ccc(F)c(F)c1)C(=O)N[C@]1(C)CCCCCC/C=C/CCC[C@@](C)(C(=O)NC(C)C(=O)N[C@@H](C)C(=O)NC(C)C(=O)N[C@@H](C)C(=O)C(=O)[C@H](C)NC[C@H](C)C(N)=O)NC(=O)[C@H](CC(C)C)CN[C@@H](CCC(N)=O)C(=O)C(=O)C(C)NC(=O)[C@H](Cc2c[nH]c3ccccc23)NC(=O)C(Cc2ccc(O)cc2)NC(=O)[C@H](CCC(=O)O)NC1=O. The standard InChI is InChI=1S/C88H123F2N15O20/c1-47(2)38-60-46-95-66(32-34-70(91)108)75(114)74(113)52(7)97-83(122)69(43-59-45-94-65-25-21-20-24-62(59)65)102-84(123)68(42-56-26-29-61(107)30-27-56)101-82(121)67(33-35-71(109)110)103-86(125)88(12,104-80(119)58(39-49(4)106)40-57-28-31-63(89)64(90)41-57)37-23-19-17-15-13-14-16-18-22-36-87(11,105-81(60)120)85(124)100-55(10)79(118)99-54(9)78(117)98-53(8)77(116)96-51(6)73(112)72(111)50(5)93-44-48(3)76(92)115/h14,16,20-21,24-31,41,45,47-48,50-55,58,60,66-69,93-95,107H,13,15,17-19,22-23,32-40,42-44,46H2,1-12H3,(H2,91,108)(H2,92,115)(H,96,116)(H,97,122)(H,98,117)(H,99,118)(H,100,124)(H,101,121)(H,102,123)(H,103,125)(H,104,119)(H,105,120)(H,109,110)/b16-14+/t48-,50-,51-,52?,53?,54-,55?,58?,60+,66-,67-,68?,69-,87-,88+/m0/s1. The molecule has 35 nitrogen and oxygen atoms in total. The second kappa shape index (κ2) is 49.5. The fourth-order valence-corrected chi connectivity index (χ4v) is 14.0. The summed E-state index contributed by atoms with van der Waals surface area (Å²) in [7, 11) is 0. The molecule has 0 saturated heterocycles. The van der Waals surface area contributed by atoms with Crippen molar-refractivity contribution in [2.24, 2.45) is 35.1 Å². The molecule has 0 radical (unpaired) electrons. The second-order valence-corrected chi connectivity index (χ2v) is 33.3. The monoisotopic (exact) mass is 1750 g/mol. The first kappa shape index (κ1) is 104. The molecule has 1 aromatic heterocycles. The first-order chi connectivity index (χ1) is 58.7. The van der Waals surface area contributed by atoms with Gasteiger partial charge in [0.05, 0.1) is 30.1 Å². The van der Waals surface area contributed by atoms with Crippen molar-refractivity contribution in [2.75, 3.05) is 13.1 Å². The molecule has 37 heteroatoms. The molecule has 1 aliphatic heterocycles. The number of H-pyrrole nitrogens is 1. The Labute approximate surface area is 725 Å². The summed E-state index contributed by atoms with van der Waals surface area (Å²) in [6.07, 6.45) is 4.28. The van der Waals surface area contributed by atoms with E-state index in [0.717, 1.165) is 12.1 Å². The van der Waals surface area contributed by atoms with E-state index in [4.69, 9.17) is 11.5 Å². The number of carbonyl (C=O) groups excluding carboxylic acids is 17.